The molecule has 0 unspecified atom stereocenters. The molecule has 0 amide bonds. The van der Waals surface area contributed by atoms with E-state index in [1.807, 2.05) is 11.9 Å². The molecular weight excluding hydrogens is 516 g/mol. The topological polar surface area (TPSA) is 141 Å². The fourth-order valence-electron chi connectivity index (χ4n) is 3.38. The minimum Gasteiger partial charge on any atom is -0.370 e. The molecule has 1 aliphatic rings. The van der Waals surface area contributed by atoms with Gasteiger partial charge in [-0.25, -0.2) is 8.42 Å². The van der Waals surface area contributed by atoms with Crippen molar-refractivity contribution in [2.75, 3.05) is 62.3 Å². The summed E-state index contributed by atoms with van der Waals surface area (Å²) in [5, 5.41) is 11.8. The fraction of sp³-hybridized carbons (Fsp3) is 0.647. The van der Waals surface area contributed by atoms with E-state index in [9.17, 15) is 26.9 Å². The standard InChI is InChI=1S/C17H27BrN4O7S2/c1-19-7-2-9-21(12-11-19)31(28,29)17-14-15(22(23)24)4-5-16(17)20(10-6-18)8-3-13-30(25,26)27/h4-5,14H,2-3,6-13H2,1H3,(H,25,26,27). The number of benzene rings is 1. The highest BCUT2D eigenvalue weighted by Crippen LogP contribution is 2.32. The Labute approximate surface area is 191 Å². The molecule has 1 fully saturated rings. The van der Waals surface area contributed by atoms with E-state index in [0.717, 1.165) is 12.6 Å². The fourth-order valence-corrected chi connectivity index (χ4v) is 6.00. The van der Waals surface area contributed by atoms with Crippen molar-refractivity contribution < 1.29 is 26.3 Å². The van der Waals surface area contributed by atoms with Crippen molar-refractivity contribution in [1.29, 1.82) is 0 Å². The second kappa shape index (κ2) is 11.0. The van der Waals surface area contributed by atoms with E-state index in [4.69, 9.17) is 4.55 Å². The maximum atomic E-state index is 13.5. The molecule has 0 aliphatic carbocycles. The number of alkyl halides is 1. The van der Waals surface area contributed by atoms with Crippen molar-refractivity contribution in [3.63, 3.8) is 0 Å². The summed E-state index contributed by atoms with van der Waals surface area (Å²) in [6, 6.07) is 3.67. The van der Waals surface area contributed by atoms with E-state index in [0.29, 0.717) is 31.4 Å². The molecule has 1 aliphatic heterocycles. The molecule has 11 nitrogen and oxygen atoms in total. The van der Waals surface area contributed by atoms with Crippen molar-refractivity contribution in [2.45, 2.75) is 17.7 Å². The monoisotopic (exact) mass is 542 g/mol. The van der Waals surface area contributed by atoms with Crippen LogP contribution in [0.25, 0.3) is 0 Å². The third-order valence-corrected chi connectivity index (χ3v) is 8.06. The zero-order valence-corrected chi connectivity index (χ0v) is 20.4. The van der Waals surface area contributed by atoms with Gasteiger partial charge in [0, 0.05) is 50.2 Å². The molecule has 0 radical (unpaired) electrons. The minimum absolute atomic E-state index is 0.0663. The summed E-state index contributed by atoms with van der Waals surface area (Å²) >= 11 is 3.30. The first kappa shape index (κ1) is 25.9. The number of likely N-dealkylation sites (N-methyl/N-ethyl adjacent to an activating group) is 1. The van der Waals surface area contributed by atoms with Gasteiger partial charge in [0.15, 0.2) is 0 Å². The van der Waals surface area contributed by atoms with Gasteiger partial charge in [0.05, 0.1) is 16.4 Å². The van der Waals surface area contributed by atoms with E-state index < -0.39 is 30.8 Å². The first-order valence-corrected chi connectivity index (χ1v) is 13.9. The van der Waals surface area contributed by atoms with Crippen LogP contribution in [0, 0.1) is 10.1 Å². The van der Waals surface area contributed by atoms with E-state index in [-0.39, 0.29) is 35.8 Å². The Morgan fingerprint density at radius 1 is 1.16 bits per heavy atom. The SMILES string of the molecule is CN1CCCN(S(=O)(=O)c2cc([N+](=O)[O-])ccc2N(CCBr)CCCS(=O)(=O)O)CC1. The quantitative estimate of drug-likeness (QED) is 0.201. The number of non-ortho nitro benzene ring substituents is 1. The van der Waals surface area contributed by atoms with Gasteiger partial charge < -0.3 is 9.80 Å². The Morgan fingerprint density at radius 3 is 2.48 bits per heavy atom. The van der Waals surface area contributed by atoms with E-state index in [1.54, 1.807) is 4.90 Å². The molecule has 1 N–H and O–H groups in total. The molecule has 0 saturated carbocycles. The molecular formula is C17H27BrN4O7S2. The average molecular weight is 543 g/mol. The minimum atomic E-state index is -4.16. The van der Waals surface area contributed by atoms with Crippen LogP contribution in [0.1, 0.15) is 12.8 Å². The molecule has 1 heterocycles. The lowest BCUT2D eigenvalue weighted by Crippen LogP contribution is -2.36. The lowest BCUT2D eigenvalue weighted by molar-refractivity contribution is -0.385. The third-order valence-electron chi connectivity index (χ3n) is 4.98. The second-order valence-corrected chi connectivity index (χ2v) is 11.6. The molecule has 0 bridgehead atoms. The van der Waals surface area contributed by atoms with Crippen molar-refractivity contribution >= 4 is 47.4 Å². The number of nitro benzene ring substituents is 1. The molecule has 176 valence electrons. The molecule has 1 saturated heterocycles. The Balaban J connectivity index is 2.47. The summed E-state index contributed by atoms with van der Waals surface area (Å²) in [7, 11) is -6.29. The summed E-state index contributed by atoms with van der Waals surface area (Å²) < 4.78 is 59.4. The van der Waals surface area contributed by atoms with Crippen LogP contribution in [0.5, 0.6) is 0 Å². The lowest BCUT2D eigenvalue weighted by Gasteiger charge is -2.28. The van der Waals surface area contributed by atoms with Gasteiger partial charge in [0.25, 0.3) is 15.8 Å². The van der Waals surface area contributed by atoms with Crippen LogP contribution in [0.3, 0.4) is 0 Å². The number of sulfonamides is 1. The average Bonchev–Trinajstić information content (AvgIpc) is 2.91. The highest BCUT2D eigenvalue weighted by molar-refractivity contribution is 9.09. The molecule has 1 aromatic carbocycles. The van der Waals surface area contributed by atoms with Gasteiger partial charge in [-0.05, 0) is 32.5 Å². The van der Waals surface area contributed by atoms with Crippen molar-refractivity contribution in [3.05, 3.63) is 28.3 Å². The number of rotatable bonds is 10. The van der Waals surface area contributed by atoms with Crippen LogP contribution in [-0.2, 0) is 20.1 Å². The van der Waals surface area contributed by atoms with E-state index >= 15 is 0 Å². The first-order valence-electron chi connectivity index (χ1n) is 9.69. The summed E-state index contributed by atoms with van der Waals surface area (Å²) in [5.41, 5.74) is -0.0796. The number of hydrogen-bond acceptors (Lipinski definition) is 8. The summed E-state index contributed by atoms with van der Waals surface area (Å²) in [5.74, 6) is -0.473. The smallest absolute Gasteiger partial charge is 0.270 e. The molecule has 14 heteroatoms. The Bertz CT molecular complexity index is 988. The van der Waals surface area contributed by atoms with Crippen molar-refractivity contribution in [2.24, 2.45) is 0 Å². The maximum absolute atomic E-state index is 13.5. The van der Waals surface area contributed by atoms with Gasteiger partial charge in [-0.3, -0.25) is 14.7 Å². The summed E-state index contributed by atoms with van der Waals surface area (Å²) in [6.07, 6.45) is 0.705. The second-order valence-electron chi connectivity index (χ2n) is 7.29. The molecule has 0 atom stereocenters. The van der Waals surface area contributed by atoms with Crippen LogP contribution in [-0.4, -0.2) is 92.9 Å². The Hall–Kier alpha value is -1.32. The van der Waals surface area contributed by atoms with Crippen LogP contribution in [0.15, 0.2) is 23.1 Å². The third kappa shape index (κ3) is 7.36. The lowest BCUT2D eigenvalue weighted by atomic mass is 10.2. The Morgan fingerprint density at radius 2 is 1.87 bits per heavy atom. The summed E-state index contributed by atoms with van der Waals surface area (Å²) in [4.78, 5) is 14.2. The predicted octanol–water partition coefficient (Wildman–Crippen LogP) is 1.40. The van der Waals surface area contributed by atoms with E-state index in [1.165, 1.54) is 16.4 Å². The van der Waals surface area contributed by atoms with Crippen LogP contribution in [0.4, 0.5) is 11.4 Å². The van der Waals surface area contributed by atoms with Gasteiger partial charge in [0.2, 0.25) is 10.0 Å². The van der Waals surface area contributed by atoms with Gasteiger partial charge in [-0.2, -0.15) is 12.7 Å². The zero-order chi connectivity index (χ0) is 23.2. The summed E-state index contributed by atoms with van der Waals surface area (Å²) in [6.45, 7) is 2.35. The van der Waals surface area contributed by atoms with Gasteiger partial charge in [-0.15, -0.1) is 0 Å². The molecule has 1 aromatic rings. The van der Waals surface area contributed by atoms with Crippen molar-refractivity contribution in [1.82, 2.24) is 9.21 Å². The van der Waals surface area contributed by atoms with Gasteiger partial charge in [0.1, 0.15) is 4.90 Å². The number of anilines is 1. The molecule has 0 aromatic heterocycles. The molecule has 2 rings (SSSR count). The normalized spacial score (nSPS) is 16.7. The number of nitrogens with zero attached hydrogens (tertiary/aromatic N) is 4. The largest absolute Gasteiger partial charge is 0.370 e. The highest BCUT2D eigenvalue weighted by atomic mass is 79.9. The number of nitro groups is 1. The maximum Gasteiger partial charge on any atom is 0.270 e. The molecule has 31 heavy (non-hydrogen) atoms. The predicted molar refractivity (Wildman–Crippen MR) is 121 cm³/mol. The zero-order valence-electron chi connectivity index (χ0n) is 17.2. The van der Waals surface area contributed by atoms with Gasteiger partial charge in [-0.1, -0.05) is 15.9 Å². The molecule has 0 spiro atoms. The first-order chi connectivity index (χ1) is 14.5. The Kier molecular flexibility index (Phi) is 9.21. The van der Waals surface area contributed by atoms with Crippen molar-refractivity contribution in [3.8, 4) is 0 Å². The van der Waals surface area contributed by atoms with Crippen LogP contribution >= 0.6 is 15.9 Å². The van der Waals surface area contributed by atoms with Gasteiger partial charge >= 0.3 is 0 Å². The van der Waals surface area contributed by atoms with E-state index in [2.05, 4.69) is 15.9 Å². The number of hydrogen-bond donors (Lipinski definition) is 1. The number of halogens is 1. The highest BCUT2D eigenvalue weighted by Gasteiger charge is 2.31. The van der Waals surface area contributed by atoms with Crippen LogP contribution < -0.4 is 4.90 Å². The van der Waals surface area contributed by atoms with Crippen LogP contribution in [0.2, 0.25) is 0 Å².